The van der Waals surface area contributed by atoms with Gasteiger partial charge in [0, 0.05) is 30.2 Å². The largest absolute Gasteiger partial charge is 0.460 e. The van der Waals surface area contributed by atoms with Crippen molar-refractivity contribution < 1.29 is 22.4 Å². The fourth-order valence-corrected chi connectivity index (χ4v) is 4.11. The Morgan fingerprint density at radius 2 is 1.97 bits per heavy atom. The minimum Gasteiger partial charge on any atom is -0.460 e. The molecule has 1 aromatic heterocycles. The van der Waals surface area contributed by atoms with Crippen LogP contribution in [0.5, 0.6) is 0 Å². The average Bonchev–Trinajstić information content (AvgIpc) is 3.04. The standard InChI is InChI=1S/C21H24N2O5S/c1-4-27-21(24)20-14(2)18-13-17(8-9-19(18)28-20)29(25,26)23-11-10-15-6-5-7-16(12-15)22-3/h5-9,12-13,22-23H,4,10-11H2,1-3H3. The lowest BCUT2D eigenvalue weighted by Crippen LogP contribution is -2.26. The second-order valence-electron chi connectivity index (χ2n) is 6.53. The predicted octanol–water partition coefficient (Wildman–Crippen LogP) is 3.48. The summed E-state index contributed by atoms with van der Waals surface area (Å²) in [6, 6.07) is 12.3. The topological polar surface area (TPSA) is 97.6 Å². The minimum absolute atomic E-state index is 0.0915. The third-order valence-electron chi connectivity index (χ3n) is 4.60. The monoisotopic (exact) mass is 416 g/mol. The molecular weight excluding hydrogens is 392 g/mol. The van der Waals surface area contributed by atoms with E-state index in [2.05, 4.69) is 10.0 Å². The van der Waals surface area contributed by atoms with Crippen LogP contribution in [-0.4, -0.2) is 34.6 Å². The van der Waals surface area contributed by atoms with Gasteiger partial charge in [0.25, 0.3) is 0 Å². The fourth-order valence-electron chi connectivity index (χ4n) is 3.05. The number of benzene rings is 2. The van der Waals surface area contributed by atoms with Crippen LogP contribution in [0.3, 0.4) is 0 Å². The van der Waals surface area contributed by atoms with Gasteiger partial charge in [0.15, 0.2) is 0 Å². The summed E-state index contributed by atoms with van der Waals surface area (Å²) in [5.41, 5.74) is 3.00. The zero-order chi connectivity index (χ0) is 21.0. The first kappa shape index (κ1) is 20.9. The Morgan fingerprint density at radius 3 is 2.69 bits per heavy atom. The molecule has 0 fully saturated rings. The maximum absolute atomic E-state index is 12.7. The molecule has 0 saturated carbocycles. The summed E-state index contributed by atoms with van der Waals surface area (Å²) in [4.78, 5) is 12.1. The van der Waals surface area contributed by atoms with Gasteiger partial charge in [0.05, 0.1) is 11.5 Å². The van der Waals surface area contributed by atoms with E-state index in [4.69, 9.17) is 9.15 Å². The van der Waals surface area contributed by atoms with Gasteiger partial charge in [0.2, 0.25) is 15.8 Å². The molecule has 0 spiro atoms. The number of rotatable bonds is 8. The molecule has 2 N–H and O–H groups in total. The number of hydrogen-bond donors (Lipinski definition) is 2. The molecule has 0 unspecified atom stereocenters. The zero-order valence-corrected chi connectivity index (χ0v) is 17.4. The van der Waals surface area contributed by atoms with Crippen LogP contribution in [0.1, 0.15) is 28.6 Å². The molecule has 0 radical (unpaired) electrons. The Morgan fingerprint density at radius 1 is 1.17 bits per heavy atom. The molecule has 1 heterocycles. The summed E-state index contributed by atoms with van der Waals surface area (Å²) in [6.07, 6.45) is 0.564. The van der Waals surface area contributed by atoms with Crippen molar-refractivity contribution >= 4 is 32.6 Å². The smallest absolute Gasteiger partial charge is 0.374 e. The average molecular weight is 416 g/mol. The number of carbonyl (C=O) groups excluding carboxylic acids is 1. The Labute approximate surface area is 170 Å². The molecule has 2 aromatic carbocycles. The Kier molecular flexibility index (Phi) is 6.24. The molecule has 29 heavy (non-hydrogen) atoms. The van der Waals surface area contributed by atoms with Gasteiger partial charge in [-0.05, 0) is 56.2 Å². The quantitative estimate of drug-likeness (QED) is 0.546. The predicted molar refractivity (Wildman–Crippen MR) is 112 cm³/mol. The maximum atomic E-state index is 12.7. The maximum Gasteiger partial charge on any atom is 0.374 e. The van der Waals surface area contributed by atoms with E-state index in [9.17, 15) is 13.2 Å². The van der Waals surface area contributed by atoms with E-state index < -0.39 is 16.0 Å². The van der Waals surface area contributed by atoms with Crippen LogP contribution in [0.25, 0.3) is 11.0 Å². The molecular formula is C21H24N2O5S. The van der Waals surface area contributed by atoms with Crippen LogP contribution in [0.15, 0.2) is 51.8 Å². The molecule has 0 aliphatic heterocycles. The van der Waals surface area contributed by atoms with Crippen LogP contribution < -0.4 is 10.0 Å². The van der Waals surface area contributed by atoms with Crippen molar-refractivity contribution in [2.45, 2.75) is 25.2 Å². The van der Waals surface area contributed by atoms with E-state index in [1.165, 1.54) is 12.1 Å². The molecule has 0 amide bonds. The van der Waals surface area contributed by atoms with Gasteiger partial charge in [-0.3, -0.25) is 0 Å². The first-order valence-corrected chi connectivity index (χ1v) is 10.8. The van der Waals surface area contributed by atoms with Crippen molar-refractivity contribution in [1.82, 2.24) is 4.72 Å². The van der Waals surface area contributed by atoms with Gasteiger partial charge in [-0.1, -0.05) is 12.1 Å². The number of nitrogens with one attached hydrogen (secondary N) is 2. The van der Waals surface area contributed by atoms with Crippen molar-refractivity contribution in [3.63, 3.8) is 0 Å². The van der Waals surface area contributed by atoms with Crippen molar-refractivity contribution in [3.8, 4) is 0 Å². The van der Waals surface area contributed by atoms with E-state index >= 15 is 0 Å². The summed E-state index contributed by atoms with van der Waals surface area (Å²) < 4.78 is 38.5. The third-order valence-corrected chi connectivity index (χ3v) is 6.06. The summed E-state index contributed by atoms with van der Waals surface area (Å²) in [5, 5.41) is 3.63. The van der Waals surface area contributed by atoms with E-state index in [1.54, 1.807) is 19.9 Å². The molecule has 0 aliphatic rings. The number of carbonyl (C=O) groups is 1. The highest BCUT2D eigenvalue weighted by Gasteiger charge is 2.21. The van der Waals surface area contributed by atoms with Crippen LogP contribution in [-0.2, 0) is 21.2 Å². The number of aryl methyl sites for hydroxylation is 1. The summed E-state index contributed by atoms with van der Waals surface area (Å²) in [5.74, 6) is -0.471. The number of hydrogen-bond acceptors (Lipinski definition) is 6. The van der Waals surface area contributed by atoms with Gasteiger partial charge < -0.3 is 14.5 Å². The molecule has 0 bridgehead atoms. The number of ether oxygens (including phenoxy) is 1. The number of esters is 1. The van der Waals surface area contributed by atoms with Crippen molar-refractivity contribution in [3.05, 3.63) is 59.4 Å². The van der Waals surface area contributed by atoms with E-state index in [-0.39, 0.29) is 23.8 Å². The number of anilines is 1. The van der Waals surface area contributed by atoms with Crippen LogP contribution >= 0.6 is 0 Å². The molecule has 154 valence electrons. The normalized spacial score (nSPS) is 11.6. The Hall–Kier alpha value is -2.84. The number of furan rings is 1. The van der Waals surface area contributed by atoms with Gasteiger partial charge in [-0.25, -0.2) is 17.9 Å². The Bertz CT molecular complexity index is 1140. The first-order valence-electron chi connectivity index (χ1n) is 9.32. The Balaban J connectivity index is 1.77. The summed E-state index contributed by atoms with van der Waals surface area (Å²) in [7, 11) is -1.86. The van der Waals surface area contributed by atoms with Crippen LogP contribution in [0.2, 0.25) is 0 Å². The second kappa shape index (κ2) is 8.67. The van der Waals surface area contributed by atoms with E-state index in [1.807, 2.05) is 31.3 Å². The van der Waals surface area contributed by atoms with Crippen LogP contribution in [0.4, 0.5) is 5.69 Å². The molecule has 3 aromatic rings. The van der Waals surface area contributed by atoms with E-state index in [0.717, 1.165) is 11.3 Å². The summed E-state index contributed by atoms with van der Waals surface area (Å²) in [6.45, 7) is 3.92. The molecule has 3 rings (SSSR count). The van der Waals surface area contributed by atoms with Crippen molar-refractivity contribution in [1.29, 1.82) is 0 Å². The lowest BCUT2D eigenvalue weighted by molar-refractivity contribution is 0.0491. The van der Waals surface area contributed by atoms with Gasteiger partial charge >= 0.3 is 5.97 Å². The van der Waals surface area contributed by atoms with Crippen LogP contribution in [0, 0.1) is 6.92 Å². The molecule has 0 saturated heterocycles. The lowest BCUT2D eigenvalue weighted by atomic mass is 10.1. The highest BCUT2D eigenvalue weighted by Crippen LogP contribution is 2.28. The lowest BCUT2D eigenvalue weighted by Gasteiger charge is -2.08. The first-order chi connectivity index (χ1) is 13.9. The number of fused-ring (bicyclic) bond motifs is 1. The van der Waals surface area contributed by atoms with Gasteiger partial charge in [0.1, 0.15) is 5.58 Å². The fraction of sp³-hybridized carbons (Fsp3) is 0.286. The highest BCUT2D eigenvalue weighted by molar-refractivity contribution is 7.89. The number of sulfonamides is 1. The SMILES string of the molecule is CCOC(=O)c1oc2ccc(S(=O)(=O)NCCc3cccc(NC)c3)cc2c1C. The second-order valence-corrected chi connectivity index (χ2v) is 8.30. The van der Waals surface area contributed by atoms with Gasteiger partial charge in [-0.15, -0.1) is 0 Å². The van der Waals surface area contributed by atoms with Crippen molar-refractivity contribution in [2.24, 2.45) is 0 Å². The third kappa shape index (κ3) is 4.60. The summed E-state index contributed by atoms with van der Waals surface area (Å²) >= 11 is 0. The molecule has 7 nitrogen and oxygen atoms in total. The molecule has 0 atom stereocenters. The zero-order valence-electron chi connectivity index (χ0n) is 16.6. The molecule has 0 aliphatic carbocycles. The molecule has 8 heteroatoms. The van der Waals surface area contributed by atoms with Gasteiger partial charge in [-0.2, -0.15) is 0 Å². The highest BCUT2D eigenvalue weighted by atomic mass is 32.2. The van der Waals surface area contributed by atoms with Crippen molar-refractivity contribution in [2.75, 3.05) is 25.5 Å². The minimum atomic E-state index is -3.70. The van der Waals surface area contributed by atoms with E-state index in [0.29, 0.717) is 23.0 Å².